The van der Waals surface area contributed by atoms with Gasteiger partial charge in [-0.3, -0.25) is 0 Å². The van der Waals surface area contributed by atoms with E-state index in [1.807, 2.05) is 19.2 Å². The smallest absolute Gasteiger partial charge is 0.240 e. The minimum atomic E-state index is -3.35. The summed E-state index contributed by atoms with van der Waals surface area (Å²) < 4.78 is 26.2. The molecule has 0 aliphatic carbocycles. The van der Waals surface area contributed by atoms with Crippen molar-refractivity contribution in [3.05, 3.63) is 29.8 Å². The van der Waals surface area contributed by atoms with Gasteiger partial charge in [0.05, 0.1) is 4.90 Å². The van der Waals surface area contributed by atoms with Crippen LogP contribution in [0.5, 0.6) is 0 Å². The first-order chi connectivity index (χ1) is 8.96. The van der Waals surface area contributed by atoms with E-state index in [1.165, 1.54) is 0 Å². The lowest BCUT2D eigenvalue weighted by molar-refractivity contribution is 0.472. The fraction of sp³-hybridized carbons (Fsp3) is 0.571. The van der Waals surface area contributed by atoms with Gasteiger partial charge in [-0.15, -0.1) is 0 Å². The van der Waals surface area contributed by atoms with Crippen molar-refractivity contribution >= 4 is 10.0 Å². The van der Waals surface area contributed by atoms with E-state index in [-0.39, 0.29) is 0 Å². The standard InChI is InChI=1S/C14H24N2O2S/c1-5-14(15-4)11(3)12-7-9-13(10-8-12)19(17,18)16-6-2/h7-11,14-16H,5-6H2,1-4H3. The summed E-state index contributed by atoms with van der Waals surface area (Å²) in [4.78, 5) is 0.322. The Kier molecular flexibility index (Phi) is 5.97. The second kappa shape index (κ2) is 7.03. The molecule has 0 saturated carbocycles. The Hall–Kier alpha value is -0.910. The highest BCUT2D eigenvalue weighted by Gasteiger charge is 2.17. The number of hydrogen-bond donors (Lipinski definition) is 2. The van der Waals surface area contributed by atoms with E-state index in [0.29, 0.717) is 23.4 Å². The molecule has 1 aromatic rings. The topological polar surface area (TPSA) is 58.2 Å². The van der Waals surface area contributed by atoms with Crippen molar-refractivity contribution in [3.63, 3.8) is 0 Å². The predicted molar refractivity (Wildman–Crippen MR) is 78.9 cm³/mol. The van der Waals surface area contributed by atoms with Crippen LogP contribution in [0.25, 0.3) is 0 Å². The van der Waals surface area contributed by atoms with E-state index in [0.717, 1.165) is 12.0 Å². The maximum absolute atomic E-state index is 11.8. The molecule has 1 aromatic carbocycles. The van der Waals surface area contributed by atoms with Crippen LogP contribution in [0.2, 0.25) is 0 Å². The van der Waals surface area contributed by atoms with Gasteiger partial charge in [0.2, 0.25) is 10.0 Å². The molecule has 0 aliphatic rings. The molecule has 108 valence electrons. The number of benzene rings is 1. The first-order valence-corrected chi connectivity index (χ1v) is 8.21. The van der Waals surface area contributed by atoms with Gasteiger partial charge in [-0.1, -0.05) is 32.9 Å². The van der Waals surface area contributed by atoms with Crippen LogP contribution in [0.4, 0.5) is 0 Å². The fourth-order valence-corrected chi connectivity index (χ4v) is 3.30. The molecule has 4 nitrogen and oxygen atoms in total. The Morgan fingerprint density at radius 1 is 1.16 bits per heavy atom. The summed E-state index contributed by atoms with van der Waals surface area (Å²) in [5, 5.41) is 3.28. The van der Waals surface area contributed by atoms with E-state index < -0.39 is 10.0 Å². The zero-order chi connectivity index (χ0) is 14.5. The molecule has 0 heterocycles. The minimum absolute atomic E-state index is 0.322. The van der Waals surface area contributed by atoms with Crippen LogP contribution in [0, 0.1) is 0 Å². The third kappa shape index (κ3) is 4.03. The van der Waals surface area contributed by atoms with Gasteiger partial charge < -0.3 is 5.32 Å². The molecule has 0 spiro atoms. The summed E-state index contributed by atoms with van der Waals surface area (Å²) in [6, 6.07) is 7.54. The molecule has 2 N–H and O–H groups in total. The van der Waals surface area contributed by atoms with Gasteiger partial charge in [-0.2, -0.15) is 0 Å². The molecule has 1 rings (SSSR count). The Bertz CT molecular complexity index is 479. The Balaban J connectivity index is 2.93. The van der Waals surface area contributed by atoms with E-state index >= 15 is 0 Å². The first kappa shape index (κ1) is 16.1. The number of sulfonamides is 1. The number of hydrogen-bond acceptors (Lipinski definition) is 3. The SMILES string of the molecule is CCNS(=O)(=O)c1ccc(C(C)C(CC)NC)cc1. The number of likely N-dealkylation sites (N-methyl/N-ethyl adjacent to an activating group) is 1. The molecule has 0 bridgehead atoms. The molecule has 0 aliphatic heterocycles. The maximum atomic E-state index is 11.8. The highest BCUT2D eigenvalue weighted by molar-refractivity contribution is 7.89. The quantitative estimate of drug-likeness (QED) is 0.806. The van der Waals surface area contributed by atoms with Crippen molar-refractivity contribution in [2.45, 2.75) is 44.0 Å². The molecule has 0 amide bonds. The molecule has 0 saturated heterocycles. The second-order valence-electron chi connectivity index (χ2n) is 4.66. The van der Waals surface area contributed by atoms with Crippen molar-refractivity contribution in [2.75, 3.05) is 13.6 Å². The molecule has 19 heavy (non-hydrogen) atoms. The number of nitrogens with one attached hydrogen (secondary N) is 2. The van der Waals surface area contributed by atoms with Crippen molar-refractivity contribution in [3.8, 4) is 0 Å². The van der Waals surface area contributed by atoms with Crippen molar-refractivity contribution in [1.82, 2.24) is 10.0 Å². The van der Waals surface area contributed by atoms with Crippen LogP contribution in [0.15, 0.2) is 29.2 Å². The van der Waals surface area contributed by atoms with Crippen molar-refractivity contribution < 1.29 is 8.42 Å². The Morgan fingerprint density at radius 2 is 1.74 bits per heavy atom. The van der Waals surface area contributed by atoms with Gasteiger partial charge in [0, 0.05) is 12.6 Å². The summed E-state index contributed by atoms with van der Waals surface area (Å²) in [6.07, 6.45) is 1.04. The summed E-state index contributed by atoms with van der Waals surface area (Å²) in [5.74, 6) is 0.353. The Labute approximate surface area is 116 Å². The van der Waals surface area contributed by atoms with E-state index in [2.05, 4.69) is 23.9 Å². The second-order valence-corrected chi connectivity index (χ2v) is 6.43. The lowest BCUT2D eigenvalue weighted by atomic mass is 9.92. The van der Waals surface area contributed by atoms with Gasteiger partial charge in [0.1, 0.15) is 0 Å². The lowest BCUT2D eigenvalue weighted by Crippen LogP contribution is -2.30. The first-order valence-electron chi connectivity index (χ1n) is 6.73. The van der Waals surface area contributed by atoms with Crippen molar-refractivity contribution in [2.24, 2.45) is 0 Å². The lowest BCUT2D eigenvalue weighted by Gasteiger charge is -2.22. The zero-order valence-electron chi connectivity index (χ0n) is 12.1. The molecular weight excluding hydrogens is 260 g/mol. The molecule has 0 radical (unpaired) electrons. The van der Waals surface area contributed by atoms with Crippen LogP contribution >= 0.6 is 0 Å². The monoisotopic (exact) mass is 284 g/mol. The fourth-order valence-electron chi connectivity index (χ4n) is 2.26. The average Bonchev–Trinajstić information content (AvgIpc) is 2.40. The van der Waals surface area contributed by atoms with Crippen LogP contribution < -0.4 is 10.0 Å². The summed E-state index contributed by atoms with van der Waals surface area (Å²) in [5.41, 5.74) is 1.15. The van der Waals surface area contributed by atoms with E-state index in [4.69, 9.17) is 0 Å². The summed E-state index contributed by atoms with van der Waals surface area (Å²) in [6.45, 7) is 6.46. The largest absolute Gasteiger partial charge is 0.316 e. The van der Waals surface area contributed by atoms with Gasteiger partial charge in [-0.05, 0) is 37.1 Å². The average molecular weight is 284 g/mol. The van der Waals surface area contributed by atoms with Crippen LogP contribution in [-0.4, -0.2) is 28.1 Å². The Morgan fingerprint density at radius 3 is 2.16 bits per heavy atom. The third-order valence-corrected chi connectivity index (χ3v) is 5.03. The molecule has 0 aromatic heterocycles. The molecular formula is C14H24N2O2S. The zero-order valence-corrected chi connectivity index (χ0v) is 12.9. The highest BCUT2D eigenvalue weighted by atomic mass is 32.2. The normalized spacial score (nSPS) is 15.2. The van der Waals surface area contributed by atoms with E-state index in [9.17, 15) is 8.42 Å². The van der Waals surface area contributed by atoms with Crippen LogP contribution in [-0.2, 0) is 10.0 Å². The van der Waals surface area contributed by atoms with Gasteiger partial charge >= 0.3 is 0 Å². The van der Waals surface area contributed by atoms with Gasteiger partial charge in [0.25, 0.3) is 0 Å². The van der Waals surface area contributed by atoms with Crippen LogP contribution in [0.1, 0.15) is 38.7 Å². The maximum Gasteiger partial charge on any atom is 0.240 e. The molecule has 2 atom stereocenters. The summed E-state index contributed by atoms with van der Waals surface area (Å²) >= 11 is 0. The molecule has 5 heteroatoms. The molecule has 2 unspecified atom stereocenters. The molecule has 0 fully saturated rings. The predicted octanol–water partition coefficient (Wildman–Crippen LogP) is 2.09. The number of rotatable bonds is 7. The minimum Gasteiger partial charge on any atom is -0.316 e. The highest BCUT2D eigenvalue weighted by Crippen LogP contribution is 2.22. The van der Waals surface area contributed by atoms with Gasteiger partial charge in [0.15, 0.2) is 0 Å². The van der Waals surface area contributed by atoms with Gasteiger partial charge in [-0.25, -0.2) is 13.1 Å². The van der Waals surface area contributed by atoms with Crippen LogP contribution in [0.3, 0.4) is 0 Å². The van der Waals surface area contributed by atoms with E-state index in [1.54, 1.807) is 19.1 Å². The third-order valence-electron chi connectivity index (χ3n) is 3.46. The van der Waals surface area contributed by atoms with Crippen molar-refractivity contribution in [1.29, 1.82) is 0 Å². The summed E-state index contributed by atoms with van der Waals surface area (Å²) in [7, 11) is -1.40.